The van der Waals surface area contributed by atoms with Crippen molar-refractivity contribution in [3.63, 3.8) is 0 Å². The number of nitrogens with one attached hydrogen (secondary N) is 1. The van der Waals surface area contributed by atoms with Crippen LogP contribution in [-0.2, 0) is 11.2 Å². The van der Waals surface area contributed by atoms with Crippen molar-refractivity contribution < 1.29 is 9.53 Å². The minimum Gasteiger partial charge on any atom is -0.483 e. The van der Waals surface area contributed by atoms with Gasteiger partial charge in [0.2, 0.25) is 0 Å². The molecule has 0 aliphatic rings. The van der Waals surface area contributed by atoms with Crippen molar-refractivity contribution in [2.45, 2.75) is 59.5 Å². The topological polar surface area (TPSA) is 64.3 Å². The molecule has 0 saturated carbocycles. The van der Waals surface area contributed by atoms with Crippen LogP contribution in [0.3, 0.4) is 0 Å². The fourth-order valence-electron chi connectivity index (χ4n) is 2.33. The van der Waals surface area contributed by atoms with Crippen LogP contribution in [-0.4, -0.2) is 24.6 Å². The Morgan fingerprint density at radius 1 is 1.29 bits per heavy atom. The Hall–Kier alpha value is -1.55. The quantitative estimate of drug-likeness (QED) is 0.811. The van der Waals surface area contributed by atoms with E-state index < -0.39 is 0 Å². The lowest BCUT2D eigenvalue weighted by molar-refractivity contribution is -0.123. The Morgan fingerprint density at radius 2 is 1.86 bits per heavy atom. The maximum atomic E-state index is 11.6. The molecule has 1 atom stereocenters. The van der Waals surface area contributed by atoms with Gasteiger partial charge in [-0.1, -0.05) is 19.1 Å². The molecular weight excluding hydrogens is 264 g/mol. The third-order valence-corrected chi connectivity index (χ3v) is 3.34. The lowest BCUT2D eigenvalue weighted by Crippen LogP contribution is -2.34. The summed E-state index contributed by atoms with van der Waals surface area (Å²) in [5, 5.41) is 2.82. The number of carbonyl (C=O) groups excluding carboxylic acids is 1. The summed E-state index contributed by atoms with van der Waals surface area (Å²) in [5.41, 5.74) is 9.32. The van der Waals surface area contributed by atoms with E-state index in [0.717, 1.165) is 29.7 Å². The summed E-state index contributed by atoms with van der Waals surface area (Å²) >= 11 is 0. The average molecular weight is 292 g/mol. The second-order valence-electron chi connectivity index (χ2n) is 5.94. The van der Waals surface area contributed by atoms with Crippen LogP contribution in [0.25, 0.3) is 0 Å². The Bertz CT molecular complexity index is 461. The average Bonchev–Trinajstić information content (AvgIpc) is 2.36. The molecule has 1 rings (SSSR count). The van der Waals surface area contributed by atoms with E-state index in [-0.39, 0.29) is 24.6 Å². The van der Waals surface area contributed by atoms with Gasteiger partial charge in [0.05, 0.1) is 0 Å². The number of hydrogen-bond acceptors (Lipinski definition) is 3. The predicted octanol–water partition coefficient (Wildman–Crippen LogP) is 2.49. The predicted molar refractivity (Wildman–Crippen MR) is 86.7 cm³/mol. The number of ether oxygens (including phenoxy) is 1. The van der Waals surface area contributed by atoms with Gasteiger partial charge in [-0.2, -0.15) is 0 Å². The molecule has 0 bridgehead atoms. The third-order valence-electron chi connectivity index (χ3n) is 3.34. The van der Waals surface area contributed by atoms with Gasteiger partial charge in [-0.15, -0.1) is 0 Å². The highest BCUT2D eigenvalue weighted by Gasteiger charge is 2.11. The monoisotopic (exact) mass is 292 g/mol. The standard InChI is InChI=1S/C17H28N2O2/c1-6-15(18)9-14-7-12(4)17(13(5)8-14)21-10-16(20)19-11(2)3/h7-8,11,15H,6,9-10,18H2,1-5H3,(H,19,20). The van der Waals surface area contributed by atoms with Crippen LogP contribution in [0.15, 0.2) is 12.1 Å². The first-order valence-corrected chi connectivity index (χ1v) is 7.61. The van der Waals surface area contributed by atoms with Crippen LogP contribution in [0.2, 0.25) is 0 Å². The van der Waals surface area contributed by atoms with Gasteiger partial charge in [0, 0.05) is 12.1 Å². The molecule has 4 heteroatoms. The van der Waals surface area contributed by atoms with Crippen molar-refractivity contribution in [1.29, 1.82) is 0 Å². The summed E-state index contributed by atoms with van der Waals surface area (Å²) < 4.78 is 5.67. The molecule has 21 heavy (non-hydrogen) atoms. The molecule has 0 radical (unpaired) electrons. The Kier molecular flexibility index (Phi) is 6.69. The van der Waals surface area contributed by atoms with E-state index in [1.165, 1.54) is 5.56 Å². The number of hydrogen-bond donors (Lipinski definition) is 2. The van der Waals surface area contributed by atoms with E-state index >= 15 is 0 Å². The molecule has 0 aliphatic heterocycles. The number of aryl methyl sites for hydroxylation is 2. The van der Waals surface area contributed by atoms with Gasteiger partial charge in [0.15, 0.2) is 6.61 Å². The van der Waals surface area contributed by atoms with E-state index in [1.54, 1.807) is 0 Å². The lowest BCUT2D eigenvalue weighted by Gasteiger charge is -2.16. The van der Waals surface area contributed by atoms with E-state index in [9.17, 15) is 4.79 Å². The maximum absolute atomic E-state index is 11.6. The fraction of sp³-hybridized carbons (Fsp3) is 0.588. The van der Waals surface area contributed by atoms with Gasteiger partial charge >= 0.3 is 0 Å². The Balaban J connectivity index is 2.73. The second kappa shape index (κ2) is 8.03. The molecule has 0 spiro atoms. The van der Waals surface area contributed by atoms with Gasteiger partial charge in [-0.25, -0.2) is 0 Å². The molecule has 1 aromatic carbocycles. The molecular formula is C17H28N2O2. The van der Waals surface area contributed by atoms with Gasteiger partial charge < -0.3 is 15.8 Å². The van der Waals surface area contributed by atoms with Crippen LogP contribution >= 0.6 is 0 Å². The van der Waals surface area contributed by atoms with Crippen molar-refractivity contribution in [2.75, 3.05) is 6.61 Å². The van der Waals surface area contributed by atoms with Gasteiger partial charge in [-0.05, 0) is 57.2 Å². The smallest absolute Gasteiger partial charge is 0.258 e. The number of amides is 1. The zero-order chi connectivity index (χ0) is 16.0. The van der Waals surface area contributed by atoms with E-state index in [1.807, 2.05) is 27.7 Å². The first-order valence-electron chi connectivity index (χ1n) is 7.61. The largest absolute Gasteiger partial charge is 0.483 e. The highest BCUT2D eigenvalue weighted by atomic mass is 16.5. The van der Waals surface area contributed by atoms with Gasteiger partial charge in [0.25, 0.3) is 5.91 Å². The number of rotatable bonds is 7. The molecule has 4 nitrogen and oxygen atoms in total. The third kappa shape index (κ3) is 5.76. The fourth-order valence-corrected chi connectivity index (χ4v) is 2.33. The number of nitrogens with two attached hydrogens (primary N) is 1. The van der Waals surface area contributed by atoms with Crippen molar-refractivity contribution in [3.8, 4) is 5.75 Å². The highest BCUT2D eigenvalue weighted by molar-refractivity contribution is 5.77. The molecule has 118 valence electrons. The van der Waals surface area contributed by atoms with Crippen LogP contribution in [0, 0.1) is 13.8 Å². The Labute approximate surface area is 128 Å². The van der Waals surface area contributed by atoms with Crippen molar-refractivity contribution in [1.82, 2.24) is 5.32 Å². The first kappa shape index (κ1) is 17.5. The molecule has 0 heterocycles. The van der Waals surface area contributed by atoms with Gasteiger partial charge in [-0.3, -0.25) is 4.79 Å². The van der Waals surface area contributed by atoms with Crippen molar-refractivity contribution in [2.24, 2.45) is 5.73 Å². The maximum Gasteiger partial charge on any atom is 0.258 e. The molecule has 0 aromatic heterocycles. The highest BCUT2D eigenvalue weighted by Crippen LogP contribution is 2.25. The van der Waals surface area contributed by atoms with Crippen LogP contribution in [0.5, 0.6) is 5.75 Å². The summed E-state index contributed by atoms with van der Waals surface area (Å²) in [5.74, 6) is 0.698. The molecule has 0 aliphatic carbocycles. The molecule has 1 amide bonds. The van der Waals surface area contributed by atoms with E-state index in [4.69, 9.17) is 10.5 Å². The normalized spacial score (nSPS) is 12.3. The minimum absolute atomic E-state index is 0.0493. The van der Waals surface area contributed by atoms with Crippen LogP contribution in [0.4, 0.5) is 0 Å². The summed E-state index contributed by atoms with van der Waals surface area (Å²) in [6, 6.07) is 4.50. The zero-order valence-corrected chi connectivity index (χ0v) is 13.8. The van der Waals surface area contributed by atoms with Gasteiger partial charge in [0.1, 0.15) is 5.75 Å². The summed E-state index contributed by atoms with van der Waals surface area (Å²) in [6.45, 7) is 10.0. The summed E-state index contributed by atoms with van der Waals surface area (Å²) in [4.78, 5) is 11.6. The molecule has 3 N–H and O–H groups in total. The van der Waals surface area contributed by atoms with E-state index in [0.29, 0.717) is 0 Å². The molecule has 0 saturated heterocycles. The number of carbonyl (C=O) groups is 1. The first-order chi connectivity index (χ1) is 9.83. The van der Waals surface area contributed by atoms with E-state index in [2.05, 4.69) is 24.4 Å². The minimum atomic E-state index is -0.0964. The molecule has 1 aromatic rings. The lowest BCUT2D eigenvalue weighted by atomic mass is 9.99. The number of benzene rings is 1. The molecule has 1 unspecified atom stereocenters. The Morgan fingerprint density at radius 3 is 2.33 bits per heavy atom. The second-order valence-corrected chi connectivity index (χ2v) is 5.94. The van der Waals surface area contributed by atoms with Crippen molar-refractivity contribution in [3.05, 3.63) is 28.8 Å². The summed E-state index contributed by atoms with van der Waals surface area (Å²) in [7, 11) is 0. The zero-order valence-electron chi connectivity index (χ0n) is 13.8. The van der Waals surface area contributed by atoms with Crippen LogP contribution < -0.4 is 15.8 Å². The molecule has 0 fully saturated rings. The van der Waals surface area contributed by atoms with Crippen LogP contribution in [0.1, 0.15) is 43.9 Å². The van der Waals surface area contributed by atoms with Crippen molar-refractivity contribution >= 4 is 5.91 Å². The SMILES string of the molecule is CCC(N)Cc1cc(C)c(OCC(=O)NC(C)C)c(C)c1. The summed E-state index contributed by atoms with van der Waals surface area (Å²) in [6.07, 6.45) is 1.83.